The fourth-order valence-electron chi connectivity index (χ4n) is 2.99. The molecule has 132 valence electrons. The Morgan fingerprint density at radius 3 is 2.44 bits per heavy atom. The number of halogens is 1. The average molecular weight is 360 g/mol. The van der Waals surface area contributed by atoms with Crippen LogP contribution in [0.25, 0.3) is 0 Å². The smallest absolute Gasteiger partial charge is 0.316 e. The highest BCUT2D eigenvalue weighted by Crippen LogP contribution is 2.23. The first kappa shape index (κ1) is 17.7. The number of aromatic nitrogens is 2. The minimum atomic E-state index is -0.00602. The highest BCUT2D eigenvalue weighted by atomic mass is 35.5. The zero-order valence-corrected chi connectivity index (χ0v) is 15.2. The molecule has 1 aliphatic carbocycles. The molecule has 1 fully saturated rings. The molecule has 1 aliphatic rings. The van der Waals surface area contributed by atoms with Crippen molar-refractivity contribution < 1.29 is 9.53 Å². The third-order valence-corrected chi connectivity index (χ3v) is 4.84. The summed E-state index contributed by atoms with van der Waals surface area (Å²) in [5, 5.41) is 3.62. The summed E-state index contributed by atoms with van der Waals surface area (Å²) in [7, 11) is 0. The van der Waals surface area contributed by atoms with E-state index >= 15 is 0 Å². The quantitative estimate of drug-likeness (QED) is 0.900. The number of hydrogen-bond acceptors (Lipinski definition) is 4. The van der Waals surface area contributed by atoms with E-state index in [2.05, 4.69) is 15.3 Å². The largest absolute Gasteiger partial charge is 0.460 e. The van der Waals surface area contributed by atoms with E-state index in [1.54, 1.807) is 0 Å². The second-order valence-electron chi connectivity index (χ2n) is 6.55. The number of carbonyl (C=O) groups is 1. The van der Waals surface area contributed by atoms with Crippen LogP contribution in [0.1, 0.15) is 47.2 Å². The van der Waals surface area contributed by atoms with Crippen molar-refractivity contribution in [1.82, 2.24) is 15.3 Å². The Hall–Kier alpha value is -2.14. The van der Waals surface area contributed by atoms with Gasteiger partial charge >= 0.3 is 6.01 Å². The minimum Gasteiger partial charge on any atom is -0.460 e. The van der Waals surface area contributed by atoms with Gasteiger partial charge in [0, 0.05) is 11.6 Å². The van der Waals surface area contributed by atoms with Crippen molar-refractivity contribution in [1.29, 1.82) is 0 Å². The summed E-state index contributed by atoms with van der Waals surface area (Å²) in [4.78, 5) is 20.5. The molecule has 2 aromatic rings. The van der Waals surface area contributed by atoms with Gasteiger partial charge in [-0.2, -0.15) is 0 Å². The van der Waals surface area contributed by atoms with Crippen LogP contribution in [0.2, 0.25) is 5.02 Å². The van der Waals surface area contributed by atoms with E-state index in [0.717, 1.165) is 36.8 Å². The Bertz CT molecular complexity index is 741. The molecule has 1 aromatic carbocycles. The van der Waals surface area contributed by atoms with Crippen molar-refractivity contribution >= 4 is 17.5 Å². The first-order chi connectivity index (χ1) is 12.0. The van der Waals surface area contributed by atoms with Crippen LogP contribution in [0.15, 0.2) is 30.6 Å². The summed E-state index contributed by atoms with van der Waals surface area (Å²) in [6, 6.07) is 6.34. The second-order valence-corrected chi connectivity index (χ2v) is 6.98. The van der Waals surface area contributed by atoms with Crippen molar-refractivity contribution in [2.45, 2.75) is 51.7 Å². The van der Waals surface area contributed by atoms with Crippen LogP contribution in [-0.2, 0) is 0 Å². The molecule has 1 N–H and O–H groups in total. The van der Waals surface area contributed by atoms with E-state index in [9.17, 15) is 4.79 Å². The average Bonchev–Trinajstić information content (AvgIpc) is 2.61. The maximum atomic E-state index is 12.4. The molecule has 1 saturated carbocycles. The molecule has 0 radical (unpaired) electrons. The standard InChI is InChI=1S/C19H22ClN3O2/c1-12-3-4-14(9-13(12)2)18(24)23-16-5-7-17(8-6-16)25-19-21-10-15(20)11-22-19/h3-4,9-11,16-17H,5-8H2,1-2H3,(H,23,24). The molecule has 3 rings (SSSR count). The van der Waals surface area contributed by atoms with Crippen molar-refractivity contribution in [2.75, 3.05) is 0 Å². The van der Waals surface area contributed by atoms with Crippen LogP contribution in [0.5, 0.6) is 6.01 Å². The fraction of sp³-hybridized carbons (Fsp3) is 0.421. The van der Waals surface area contributed by atoms with E-state index in [4.69, 9.17) is 16.3 Å². The summed E-state index contributed by atoms with van der Waals surface area (Å²) < 4.78 is 5.78. The summed E-state index contributed by atoms with van der Waals surface area (Å²) in [5.74, 6) is -0.00602. The van der Waals surface area contributed by atoms with Crippen molar-refractivity contribution in [3.05, 3.63) is 52.3 Å². The number of benzene rings is 1. The lowest BCUT2D eigenvalue weighted by atomic mass is 9.92. The number of amides is 1. The van der Waals surface area contributed by atoms with Crippen LogP contribution in [-0.4, -0.2) is 28.0 Å². The van der Waals surface area contributed by atoms with Gasteiger partial charge in [-0.1, -0.05) is 17.7 Å². The topological polar surface area (TPSA) is 64.1 Å². The number of carbonyl (C=O) groups excluding carboxylic acids is 1. The van der Waals surface area contributed by atoms with Crippen molar-refractivity contribution in [3.63, 3.8) is 0 Å². The normalized spacial score (nSPS) is 20.1. The summed E-state index contributed by atoms with van der Waals surface area (Å²) in [6.07, 6.45) is 6.63. The van der Waals surface area contributed by atoms with Crippen LogP contribution in [0, 0.1) is 13.8 Å². The lowest BCUT2D eigenvalue weighted by Crippen LogP contribution is -2.39. The predicted octanol–water partition coefficient (Wildman–Crippen LogP) is 3.87. The molecule has 1 aromatic heterocycles. The molecular weight excluding hydrogens is 338 g/mol. The van der Waals surface area contributed by atoms with E-state index in [1.807, 2.05) is 32.0 Å². The van der Waals surface area contributed by atoms with E-state index < -0.39 is 0 Å². The van der Waals surface area contributed by atoms with Gasteiger partial charge in [0.15, 0.2) is 0 Å². The Morgan fingerprint density at radius 1 is 1.12 bits per heavy atom. The lowest BCUT2D eigenvalue weighted by molar-refractivity contribution is 0.0885. The van der Waals surface area contributed by atoms with Gasteiger partial charge in [0.2, 0.25) is 0 Å². The van der Waals surface area contributed by atoms with Crippen LogP contribution in [0.4, 0.5) is 0 Å². The molecule has 0 spiro atoms. The summed E-state index contributed by atoms with van der Waals surface area (Å²) in [6.45, 7) is 4.07. The third-order valence-electron chi connectivity index (χ3n) is 4.65. The SMILES string of the molecule is Cc1ccc(C(=O)NC2CCC(Oc3ncc(Cl)cn3)CC2)cc1C. The first-order valence-electron chi connectivity index (χ1n) is 8.53. The van der Waals surface area contributed by atoms with E-state index in [0.29, 0.717) is 11.0 Å². The zero-order valence-electron chi connectivity index (χ0n) is 14.5. The Kier molecular flexibility index (Phi) is 5.53. The number of rotatable bonds is 4. The van der Waals surface area contributed by atoms with Gasteiger partial charge in [-0.05, 0) is 62.8 Å². The number of ether oxygens (including phenoxy) is 1. The highest BCUT2D eigenvalue weighted by molar-refractivity contribution is 6.30. The molecular formula is C19H22ClN3O2. The molecule has 25 heavy (non-hydrogen) atoms. The number of nitrogens with zero attached hydrogens (tertiary/aromatic N) is 2. The van der Waals surface area contributed by atoms with Crippen molar-refractivity contribution in [2.24, 2.45) is 0 Å². The molecule has 0 aliphatic heterocycles. The molecule has 1 amide bonds. The van der Waals surface area contributed by atoms with Gasteiger partial charge in [-0.15, -0.1) is 0 Å². The molecule has 1 heterocycles. The molecule has 0 saturated heterocycles. The number of aryl methyl sites for hydroxylation is 2. The number of nitrogens with one attached hydrogen (secondary N) is 1. The molecule has 0 atom stereocenters. The molecule has 5 nitrogen and oxygen atoms in total. The van der Waals surface area contributed by atoms with Crippen LogP contribution in [0.3, 0.4) is 0 Å². The summed E-state index contributed by atoms with van der Waals surface area (Å²) in [5.41, 5.74) is 3.04. The minimum absolute atomic E-state index is 0.00602. The van der Waals surface area contributed by atoms with Crippen molar-refractivity contribution in [3.8, 4) is 6.01 Å². The molecule has 0 bridgehead atoms. The first-order valence-corrected chi connectivity index (χ1v) is 8.91. The Morgan fingerprint density at radius 2 is 1.80 bits per heavy atom. The van der Waals surface area contributed by atoms with Gasteiger partial charge in [0.05, 0.1) is 17.4 Å². The summed E-state index contributed by atoms with van der Waals surface area (Å²) >= 11 is 5.77. The fourth-order valence-corrected chi connectivity index (χ4v) is 3.08. The van der Waals surface area contributed by atoms with Gasteiger partial charge < -0.3 is 10.1 Å². The Labute approximate surface area is 152 Å². The lowest BCUT2D eigenvalue weighted by Gasteiger charge is -2.28. The zero-order chi connectivity index (χ0) is 17.8. The van der Waals surface area contributed by atoms with Gasteiger partial charge in [-0.25, -0.2) is 9.97 Å². The van der Waals surface area contributed by atoms with Crippen LogP contribution < -0.4 is 10.1 Å². The number of hydrogen-bond donors (Lipinski definition) is 1. The van der Waals surface area contributed by atoms with Crippen LogP contribution >= 0.6 is 11.6 Å². The molecule has 0 unspecified atom stereocenters. The highest BCUT2D eigenvalue weighted by Gasteiger charge is 2.24. The van der Waals surface area contributed by atoms with Gasteiger partial charge in [0.25, 0.3) is 5.91 Å². The molecule has 6 heteroatoms. The van der Waals surface area contributed by atoms with Gasteiger partial charge in [0.1, 0.15) is 6.10 Å². The van der Waals surface area contributed by atoms with Gasteiger partial charge in [-0.3, -0.25) is 4.79 Å². The predicted molar refractivity (Wildman–Crippen MR) is 97.1 cm³/mol. The van der Waals surface area contributed by atoms with E-state index in [1.165, 1.54) is 18.0 Å². The third kappa shape index (κ3) is 4.69. The second kappa shape index (κ2) is 7.83. The monoisotopic (exact) mass is 359 g/mol. The Balaban J connectivity index is 1.49. The maximum absolute atomic E-state index is 12.4. The maximum Gasteiger partial charge on any atom is 0.316 e. The van der Waals surface area contributed by atoms with E-state index in [-0.39, 0.29) is 18.1 Å².